The van der Waals surface area contributed by atoms with Crippen LogP contribution in [-0.2, 0) is 0 Å². The Balaban J connectivity index is 2.39. The Hall–Kier alpha value is -1.02. The van der Waals surface area contributed by atoms with Gasteiger partial charge < -0.3 is 4.42 Å². The van der Waals surface area contributed by atoms with E-state index in [-0.39, 0.29) is 5.92 Å². The summed E-state index contributed by atoms with van der Waals surface area (Å²) in [6, 6.07) is 2.13. The van der Waals surface area contributed by atoms with E-state index in [1.807, 2.05) is 6.92 Å². The summed E-state index contributed by atoms with van der Waals surface area (Å²) in [5.41, 5.74) is 0. The fourth-order valence-corrected chi connectivity index (χ4v) is 1.32. The summed E-state index contributed by atoms with van der Waals surface area (Å²) in [4.78, 5) is 0. The van der Waals surface area contributed by atoms with Gasteiger partial charge in [0, 0.05) is 12.7 Å². The van der Waals surface area contributed by atoms with Gasteiger partial charge in [-0.15, -0.1) is 10.2 Å². The average Bonchev–Trinajstić information content (AvgIpc) is 2.47. The maximum Gasteiger partial charge on any atom is 0.276 e. The van der Waals surface area contributed by atoms with Crippen molar-refractivity contribution in [2.75, 3.05) is 5.75 Å². The first-order chi connectivity index (χ1) is 5.72. The number of aromatic nitrogens is 2. The minimum Gasteiger partial charge on any atom is -0.416 e. The molecule has 1 aromatic rings. The van der Waals surface area contributed by atoms with Crippen LogP contribution in [0.4, 0.5) is 0 Å². The molecule has 0 spiro atoms. The van der Waals surface area contributed by atoms with Crippen molar-refractivity contribution in [3.8, 4) is 6.07 Å². The van der Waals surface area contributed by atoms with Gasteiger partial charge in [0.2, 0.25) is 5.89 Å². The van der Waals surface area contributed by atoms with Crippen molar-refractivity contribution in [3.05, 3.63) is 5.89 Å². The van der Waals surface area contributed by atoms with Crippen molar-refractivity contribution >= 4 is 11.8 Å². The molecule has 12 heavy (non-hydrogen) atoms. The zero-order chi connectivity index (χ0) is 8.97. The topological polar surface area (TPSA) is 62.7 Å². The molecule has 1 atom stereocenters. The Bertz CT molecular complexity index is 291. The molecule has 4 nitrogen and oxygen atoms in total. The number of hydrogen-bond acceptors (Lipinski definition) is 5. The molecule has 0 bridgehead atoms. The van der Waals surface area contributed by atoms with Gasteiger partial charge in [-0.1, -0.05) is 11.8 Å². The van der Waals surface area contributed by atoms with Crippen molar-refractivity contribution in [1.82, 2.24) is 10.2 Å². The van der Waals surface area contributed by atoms with Gasteiger partial charge in [-0.2, -0.15) is 5.26 Å². The summed E-state index contributed by atoms with van der Waals surface area (Å²) in [6.07, 6.45) is 0. The highest BCUT2D eigenvalue weighted by Crippen LogP contribution is 2.18. The van der Waals surface area contributed by atoms with Crippen molar-refractivity contribution in [2.24, 2.45) is 5.92 Å². The standard InChI is InChI=1S/C7H9N3OS/c1-5(3-8)4-12-7-10-9-6(2)11-7/h5H,4H2,1-2H3. The normalized spacial score (nSPS) is 12.4. The summed E-state index contributed by atoms with van der Waals surface area (Å²) in [5.74, 6) is 1.27. The van der Waals surface area contributed by atoms with Crippen LogP contribution in [0.1, 0.15) is 12.8 Å². The lowest BCUT2D eigenvalue weighted by Crippen LogP contribution is -1.92. The molecular weight excluding hydrogens is 174 g/mol. The second kappa shape index (κ2) is 4.12. The van der Waals surface area contributed by atoms with Crippen molar-refractivity contribution in [2.45, 2.75) is 19.1 Å². The monoisotopic (exact) mass is 183 g/mol. The number of nitriles is 1. The molecule has 64 valence electrons. The molecule has 1 heterocycles. The van der Waals surface area contributed by atoms with E-state index in [4.69, 9.17) is 9.68 Å². The zero-order valence-electron chi connectivity index (χ0n) is 6.94. The maximum atomic E-state index is 8.49. The third kappa shape index (κ3) is 2.55. The molecule has 0 aliphatic carbocycles. The van der Waals surface area contributed by atoms with E-state index >= 15 is 0 Å². The van der Waals surface area contributed by atoms with Crippen molar-refractivity contribution in [1.29, 1.82) is 5.26 Å². The van der Waals surface area contributed by atoms with Gasteiger partial charge in [0.1, 0.15) is 0 Å². The molecule has 1 aromatic heterocycles. The van der Waals surface area contributed by atoms with Crippen molar-refractivity contribution in [3.63, 3.8) is 0 Å². The largest absolute Gasteiger partial charge is 0.416 e. The smallest absolute Gasteiger partial charge is 0.276 e. The summed E-state index contributed by atoms with van der Waals surface area (Å²) in [6.45, 7) is 3.60. The molecular formula is C7H9N3OS. The van der Waals surface area contributed by atoms with Crippen molar-refractivity contribution < 1.29 is 4.42 Å². The van der Waals surface area contributed by atoms with Gasteiger partial charge >= 0.3 is 0 Å². The average molecular weight is 183 g/mol. The Morgan fingerprint density at radius 2 is 2.42 bits per heavy atom. The van der Waals surface area contributed by atoms with Crippen LogP contribution in [0.3, 0.4) is 0 Å². The summed E-state index contributed by atoms with van der Waals surface area (Å²) >= 11 is 1.41. The van der Waals surface area contributed by atoms with Crippen LogP contribution in [0.5, 0.6) is 0 Å². The lowest BCUT2D eigenvalue weighted by atomic mass is 10.3. The molecule has 1 unspecified atom stereocenters. The quantitative estimate of drug-likeness (QED) is 0.666. The molecule has 0 saturated carbocycles. The predicted octanol–water partition coefficient (Wildman–Crippen LogP) is 1.63. The summed E-state index contributed by atoms with van der Waals surface area (Å²) < 4.78 is 5.11. The maximum absolute atomic E-state index is 8.49. The molecule has 0 radical (unpaired) electrons. The van der Waals surface area contributed by atoms with E-state index in [1.54, 1.807) is 6.92 Å². The second-order valence-corrected chi connectivity index (χ2v) is 3.40. The van der Waals surface area contributed by atoms with Gasteiger partial charge in [-0.25, -0.2) is 0 Å². The summed E-state index contributed by atoms with van der Waals surface area (Å²) in [7, 11) is 0. The SMILES string of the molecule is Cc1nnc(SCC(C)C#N)o1. The van der Waals surface area contributed by atoms with E-state index in [0.29, 0.717) is 16.9 Å². The van der Waals surface area contributed by atoms with E-state index in [0.717, 1.165) is 0 Å². The first kappa shape index (κ1) is 9.07. The first-order valence-corrected chi connectivity index (χ1v) is 4.53. The van der Waals surface area contributed by atoms with Crippen LogP contribution >= 0.6 is 11.8 Å². The highest BCUT2D eigenvalue weighted by Gasteiger charge is 2.05. The molecule has 1 rings (SSSR count). The van der Waals surface area contributed by atoms with Gasteiger partial charge in [-0.3, -0.25) is 0 Å². The van der Waals surface area contributed by atoms with Crippen LogP contribution < -0.4 is 0 Å². The Labute approximate surface area is 75.0 Å². The van der Waals surface area contributed by atoms with E-state index in [9.17, 15) is 0 Å². The second-order valence-electron chi connectivity index (χ2n) is 2.43. The number of hydrogen-bond donors (Lipinski definition) is 0. The lowest BCUT2D eigenvalue weighted by Gasteiger charge is -1.95. The third-order valence-corrected chi connectivity index (χ3v) is 2.26. The molecule has 0 saturated heterocycles. The molecule has 0 aliphatic rings. The molecule has 0 fully saturated rings. The van der Waals surface area contributed by atoms with Crippen LogP contribution in [0.2, 0.25) is 0 Å². The predicted molar refractivity (Wildman–Crippen MR) is 44.5 cm³/mol. The third-order valence-electron chi connectivity index (χ3n) is 1.18. The van der Waals surface area contributed by atoms with Gasteiger partial charge in [0.25, 0.3) is 5.22 Å². The van der Waals surface area contributed by atoms with Crippen LogP contribution in [0.25, 0.3) is 0 Å². The van der Waals surface area contributed by atoms with Gasteiger partial charge in [0.05, 0.1) is 12.0 Å². The lowest BCUT2D eigenvalue weighted by molar-refractivity contribution is 0.429. The van der Waals surface area contributed by atoms with E-state index < -0.39 is 0 Å². The van der Waals surface area contributed by atoms with Gasteiger partial charge in [0.15, 0.2) is 0 Å². The zero-order valence-corrected chi connectivity index (χ0v) is 7.76. The molecule has 0 aliphatic heterocycles. The van der Waals surface area contributed by atoms with Crippen LogP contribution in [0.15, 0.2) is 9.64 Å². The highest BCUT2D eigenvalue weighted by atomic mass is 32.2. The van der Waals surface area contributed by atoms with E-state index in [2.05, 4.69) is 16.3 Å². The summed E-state index contributed by atoms with van der Waals surface area (Å²) in [5, 5.41) is 16.5. The fourth-order valence-electron chi connectivity index (χ4n) is 0.570. The molecule has 0 aromatic carbocycles. The van der Waals surface area contributed by atoms with E-state index in [1.165, 1.54) is 11.8 Å². The highest BCUT2D eigenvalue weighted by molar-refractivity contribution is 7.99. The molecule has 0 N–H and O–H groups in total. The Kier molecular flexibility index (Phi) is 3.11. The Morgan fingerprint density at radius 3 is 2.92 bits per heavy atom. The molecule has 5 heteroatoms. The van der Waals surface area contributed by atoms with Crippen LogP contribution in [-0.4, -0.2) is 16.0 Å². The first-order valence-electron chi connectivity index (χ1n) is 3.55. The molecule has 0 amide bonds. The minimum atomic E-state index is 0.0159. The number of rotatable bonds is 3. The number of aryl methyl sites for hydroxylation is 1. The number of thioether (sulfide) groups is 1. The fraction of sp³-hybridized carbons (Fsp3) is 0.571. The van der Waals surface area contributed by atoms with Gasteiger partial charge in [-0.05, 0) is 6.92 Å². The number of nitrogens with zero attached hydrogens (tertiary/aromatic N) is 3. The Morgan fingerprint density at radius 1 is 1.67 bits per heavy atom. The van der Waals surface area contributed by atoms with Crippen LogP contribution in [0, 0.1) is 24.2 Å². The minimum absolute atomic E-state index is 0.0159.